The van der Waals surface area contributed by atoms with Crippen molar-refractivity contribution in [3.8, 4) is 0 Å². The number of hydrogen-bond donors (Lipinski definition) is 1. The van der Waals surface area contributed by atoms with Crippen LogP contribution in [0.15, 0.2) is 36.8 Å². The smallest absolute Gasteiger partial charge is 0.337 e. The van der Waals surface area contributed by atoms with Gasteiger partial charge in [-0.1, -0.05) is 0 Å². The van der Waals surface area contributed by atoms with Gasteiger partial charge in [-0.2, -0.15) is 13.2 Å². The number of carbonyl (C=O) groups excluding carboxylic acids is 2. The van der Waals surface area contributed by atoms with Gasteiger partial charge in [-0.3, -0.25) is 14.6 Å². The normalized spacial score (nSPS) is 15.7. The number of alkyl halides is 3. The van der Waals surface area contributed by atoms with Crippen LogP contribution < -0.4 is 5.32 Å². The molecule has 7 nitrogen and oxygen atoms in total. The van der Waals surface area contributed by atoms with E-state index in [1.807, 2.05) is 7.05 Å². The summed E-state index contributed by atoms with van der Waals surface area (Å²) in [5.41, 5.74) is -1.32. The van der Waals surface area contributed by atoms with E-state index < -0.39 is 23.6 Å². The van der Waals surface area contributed by atoms with Gasteiger partial charge < -0.3 is 15.1 Å². The average molecular weight is 407 g/mol. The lowest BCUT2D eigenvalue weighted by atomic mass is 10.1. The summed E-state index contributed by atoms with van der Waals surface area (Å²) in [6.07, 6.45) is -0.0651. The number of aromatic nitrogens is 2. The molecule has 0 radical (unpaired) electrons. The van der Waals surface area contributed by atoms with Crippen molar-refractivity contribution < 1.29 is 22.8 Å². The van der Waals surface area contributed by atoms with Gasteiger partial charge in [0.1, 0.15) is 5.69 Å². The first kappa shape index (κ1) is 20.7. The number of hydrogen-bond acceptors (Lipinski definition) is 5. The van der Waals surface area contributed by atoms with E-state index in [9.17, 15) is 22.8 Å². The topological polar surface area (TPSA) is 78.4 Å². The molecule has 2 heterocycles. The Morgan fingerprint density at radius 1 is 1.07 bits per heavy atom. The van der Waals surface area contributed by atoms with Crippen molar-refractivity contribution in [1.29, 1.82) is 0 Å². The molecule has 1 aliphatic heterocycles. The highest BCUT2D eigenvalue weighted by Gasteiger charge is 2.32. The lowest BCUT2D eigenvalue weighted by Crippen LogP contribution is -2.34. The molecule has 1 saturated heterocycles. The van der Waals surface area contributed by atoms with E-state index in [-0.39, 0.29) is 16.9 Å². The summed E-state index contributed by atoms with van der Waals surface area (Å²) < 4.78 is 40.1. The highest BCUT2D eigenvalue weighted by Crippen LogP contribution is 2.32. The molecule has 0 aliphatic carbocycles. The standard InChI is InChI=1S/C19H20F3N5O2/c1-26-5-2-6-27(8-7-26)18(29)13-9-14(19(20,21)22)11-15(10-13)25-17(28)16-12-23-3-4-24-16/h3-4,9-12H,2,5-8H2,1H3,(H,25,28). The fourth-order valence-electron chi connectivity index (χ4n) is 3.03. The predicted molar refractivity (Wildman–Crippen MR) is 99.4 cm³/mol. The first-order valence-electron chi connectivity index (χ1n) is 9.01. The van der Waals surface area contributed by atoms with Gasteiger partial charge >= 0.3 is 6.18 Å². The minimum atomic E-state index is -4.67. The molecule has 29 heavy (non-hydrogen) atoms. The van der Waals surface area contributed by atoms with E-state index in [0.717, 1.165) is 25.1 Å². The summed E-state index contributed by atoms with van der Waals surface area (Å²) >= 11 is 0. The maximum Gasteiger partial charge on any atom is 0.416 e. The highest BCUT2D eigenvalue weighted by molar-refractivity contribution is 6.03. The second kappa shape index (κ2) is 8.56. The van der Waals surface area contributed by atoms with E-state index >= 15 is 0 Å². The molecule has 0 saturated carbocycles. The van der Waals surface area contributed by atoms with Crippen LogP contribution in [0.4, 0.5) is 18.9 Å². The van der Waals surface area contributed by atoms with E-state index in [1.165, 1.54) is 29.6 Å². The Morgan fingerprint density at radius 2 is 1.86 bits per heavy atom. The third-order valence-electron chi connectivity index (χ3n) is 4.57. The molecule has 10 heteroatoms. The number of nitrogens with one attached hydrogen (secondary N) is 1. The Kier molecular flexibility index (Phi) is 6.12. The zero-order chi connectivity index (χ0) is 21.0. The van der Waals surface area contributed by atoms with Crippen LogP contribution in [0, 0.1) is 0 Å². The maximum atomic E-state index is 13.4. The van der Waals surface area contributed by atoms with Crippen LogP contribution >= 0.6 is 0 Å². The van der Waals surface area contributed by atoms with Gasteiger partial charge in [-0.15, -0.1) is 0 Å². The van der Waals surface area contributed by atoms with Gasteiger partial charge in [0.15, 0.2) is 0 Å². The molecule has 1 aromatic carbocycles. The zero-order valence-electron chi connectivity index (χ0n) is 15.7. The van der Waals surface area contributed by atoms with E-state index in [2.05, 4.69) is 20.2 Å². The van der Waals surface area contributed by atoms with Crippen molar-refractivity contribution in [2.75, 3.05) is 38.5 Å². The van der Waals surface area contributed by atoms with Gasteiger partial charge in [0.05, 0.1) is 11.8 Å². The SMILES string of the molecule is CN1CCCN(C(=O)c2cc(NC(=O)c3cnccn3)cc(C(F)(F)F)c2)CC1. The number of carbonyl (C=O) groups is 2. The second-order valence-corrected chi connectivity index (χ2v) is 6.79. The van der Waals surface area contributed by atoms with Crippen molar-refractivity contribution in [1.82, 2.24) is 19.8 Å². The van der Waals surface area contributed by atoms with Crippen LogP contribution in [0.2, 0.25) is 0 Å². The van der Waals surface area contributed by atoms with E-state index in [0.29, 0.717) is 19.6 Å². The minimum absolute atomic E-state index is 0.0478. The van der Waals surface area contributed by atoms with Crippen LogP contribution in [-0.4, -0.2) is 64.8 Å². The zero-order valence-corrected chi connectivity index (χ0v) is 15.7. The predicted octanol–water partition coefficient (Wildman–Crippen LogP) is 2.53. The lowest BCUT2D eigenvalue weighted by Gasteiger charge is -2.22. The molecule has 0 spiro atoms. The summed E-state index contributed by atoms with van der Waals surface area (Å²) in [6, 6.07) is 2.86. The van der Waals surface area contributed by atoms with Crippen LogP contribution in [0.3, 0.4) is 0 Å². The third kappa shape index (κ3) is 5.29. The first-order chi connectivity index (χ1) is 13.7. The molecule has 2 aromatic rings. The Labute approximate surface area is 165 Å². The van der Waals surface area contributed by atoms with Crippen molar-refractivity contribution >= 4 is 17.5 Å². The number of amides is 2. The van der Waals surface area contributed by atoms with Crippen molar-refractivity contribution in [3.05, 3.63) is 53.6 Å². The number of halogens is 3. The molecule has 2 amide bonds. The quantitative estimate of drug-likeness (QED) is 0.846. The number of nitrogens with zero attached hydrogens (tertiary/aromatic N) is 4. The highest BCUT2D eigenvalue weighted by atomic mass is 19.4. The summed E-state index contributed by atoms with van der Waals surface area (Å²) in [5, 5.41) is 2.37. The number of benzene rings is 1. The van der Waals surface area contributed by atoms with E-state index in [1.54, 1.807) is 0 Å². The Hall–Kier alpha value is -3.01. The second-order valence-electron chi connectivity index (χ2n) is 6.79. The van der Waals surface area contributed by atoms with Crippen molar-refractivity contribution in [3.63, 3.8) is 0 Å². The molecule has 3 rings (SSSR count). The summed E-state index contributed by atoms with van der Waals surface area (Å²) in [7, 11) is 1.93. The average Bonchev–Trinajstić information content (AvgIpc) is 2.91. The molecule has 1 N–H and O–H groups in total. The molecule has 1 fully saturated rings. The van der Waals surface area contributed by atoms with Gasteiger partial charge in [-0.05, 0) is 38.2 Å². The number of rotatable bonds is 3. The molecule has 0 bridgehead atoms. The van der Waals surface area contributed by atoms with Crippen LogP contribution in [0.5, 0.6) is 0 Å². The molecular weight excluding hydrogens is 387 g/mol. The molecule has 0 atom stereocenters. The molecule has 1 aromatic heterocycles. The number of anilines is 1. The van der Waals surface area contributed by atoms with Crippen molar-refractivity contribution in [2.24, 2.45) is 0 Å². The Morgan fingerprint density at radius 3 is 2.55 bits per heavy atom. The lowest BCUT2D eigenvalue weighted by molar-refractivity contribution is -0.137. The van der Waals surface area contributed by atoms with Crippen LogP contribution in [0.1, 0.15) is 32.8 Å². The molecule has 1 aliphatic rings. The van der Waals surface area contributed by atoms with Gasteiger partial charge in [0, 0.05) is 43.3 Å². The third-order valence-corrected chi connectivity index (χ3v) is 4.57. The van der Waals surface area contributed by atoms with Gasteiger partial charge in [0.2, 0.25) is 0 Å². The summed E-state index contributed by atoms with van der Waals surface area (Å²) in [5.74, 6) is -1.21. The molecule has 0 unspecified atom stereocenters. The van der Waals surface area contributed by atoms with E-state index in [4.69, 9.17) is 0 Å². The van der Waals surface area contributed by atoms with Crippen LogP contribution in [0.25, 0.3) is 0 Å². The fraction of sp³-hybridized carbons (Fsp3) is 0.368. The fourth-order valence-corrected chi connectivity index (χ4v) is 3.03. The summed E-state index contributed by atoms with van der Waals surface area (Å²) in [6.45, 7) is 2.33. The molecular formula is C19H20F3N5O2. The van der Waals surface area contributed by atoms with Crippen molar-refractivity contribution in [2.45, 2.75) is 12.6 Å². The Bertz CT molecular complexity index is 889. The van der Waals surface area contributed by atoms with Gasteiger partial charge in [-0.25, -0.2) is 4.98 Å². The maximum absolute atomic E-state index is 13.4. The Balaban J connectivity index is 1.89. The van der Waals surface area contributed by atoms with Crippen LogP contribution in [-0.2, 0) is 6.18 Å². The summed E-state index contributed by atoms with van der Waals surface area (Å²) in [4.78, 5) is 36.3. The minimum Gasteiger partial charge on any atom is -0.337 e. The number of likely N-dealkylation sites (N-methyl/N-ethyl adjacent to an activating group) is 1. The first-order valence-corrected chi connectivity index (χ1v) is 9.01. The molecule has 154 valence electrons. The largest absolute Gasteiger partial charge is 0.416 e. The monoisotopic (exact) mass is 407 g/mol. The van der Waals surface area contributed by atoms with Gasteiger partial charge in [0.25, 0.3) is 11.8 Å².